The minimum Gasteiger partial charge on any atom is -0.496 e. The Hall–Kier alpha value is -0.870. The maximum Gasteiger partial charge on any atom is 0.358 e. The van der Waals surface area contributed by atoms with E-state index in [1.54, 1.807) is 20.1 Å². The summed E-state index contributed by atoms with van der Waals surface area (Å²) < 4.78 is 27.0. The van der Waals surface area contributed by atoms with Crippen LogP contribution >= 0.6 is 7.60 Å². The average molecular weight is 274 g/mol. The molecule has 2 atom stereocenters. The Morgan fingerprint density at radius 2 is 1.72 bits per heavy atom. The Balaban J connectivity index is 3.06. The second-order valence-corrected chi connectivity index (χ2v) is 6.19. The van der Waals surface area contributed by atoms with Crippen LogP contribution in [-0.4, -0.2) is 32.3 Å². The molecule has 102 valence electrons. The Morgan fingerprint density at radius 3 is 2.22 bits per heavy atom. The van der Waals surface area contributed by atoms with E-state index in [1.807, 2.05) is 18.2 Å². The highest BCUT2D eigenvalue weighted by Gasteiger charge is 2.38. The third kappa shape index (κ3) is 2.93. The van der Waals surface area contributed by atoms with Gasteiger partial charge in [-0.25, -0.2) is 0 Å². The van der Waals surface area contributed by atoms with Crippen LogP contribution in [0.15, 0.2) is 24.3 Å². The van der Waals surface area contributed by atoms with E-state index in [4.69, 9.17) is 13.8 Å². The van der Waals surface area contributed by atoms with E-state index in [-0.39, 0.29) is 0 Å². The summed E-state index contributed by atoms with van der Waals surface area (Å²) in [5.41, 5.74) is 0.752. The van der Waals surface area contributed by atoms with Gasteiger partial charge >= 0.3 is 7.60 Å². The third-order valence-corrected chi connectivity index (χ3v) is 5.02. The van der Waals surface area contributed by atoms with Crippen molar-refractivity contribution < 1.29 is 23.5 Å². The number of hydrogen-bond donors (Lipinski definition) is 1. The van der Waals surface area contributed by atoms with Crippen LogP contribution < -0.4 is 4.74 Å². The summed E-state index contributed by atoms with van der Waals surface area (Å²) in [7, 11) is 0.527. The smallest absolute Gasteiger partial charge is 0.358 e. The Morgan fingerprint density at radius 1 is 1.17 bits per heavy atom. The highest BCUT2D eigenvalue weighted by atomic mass is 31.2. The van der Waals surface area contributed by atoms with Crippen molar-refractivity contribution in [1.29, 1.82) is 0 Å². The van der Waals surface area contributed by atoms with Crippen molar-refractivity contribution in [2.45, 2.75) is 18.7 Å². The Kier molecular flexibility index (Phi) is 5.35. The molecule has 5 nitrogen and oxygen atoms in total. The minimum absolute atomic E-state index is 0.438. The molecule has 0 saturated heterocycles. The van der Waals surface area contributed by atoms with Gasteiger partial charge in [-0.1, -0.05) is 25.1 Å². The summed E-state index contributed by atoms with van der Waals surface area (Å²) in [6.45, 7) is 1.74. The van der Waals surface area contributed by atoms with Crippen molar-refractivity contribution in [2.24, 2.45) is 0 Å². The first kappa shape index (κ1) is 15.2. The van der Waals surface area contributed by atoms with Crippen molar-refractivity contribution in [1.82, 2.24) is 0 Å². The fourth-order valence-electron chi connectivity index (χ4n) is 1.77. The topological polar surface area (TPSA) is 65.0 Å². The lowest BCUT2D eigenvalue weighted by atomic mass is 10.0. The molecule has 6 heteroatoms. The molecule has 0 heterocycles. The Labute approximate surface area is 107 Å². The summed E-state index contributed by atoms with van der Waals surface area (Å²) in [6, 6.07) is 7.24. The third-order valence-electron chi connectivity index (χ3n) is 2.91. The fraction of sp³-hybridized carbons (Fsp3) is 0.500. The van der Waals surface area contributed by atoms with Crippen LogP contribution in [0.2, 0.25) is 0 Å². The predicted octanol–water partition coefficient (Wildman–Crippen LogP) is 2.60. The fourth-order valence-corrected chi connectivity index (χ4v) is 3.06. The molecule has 0 bridgehead atoms. The van der Waals surface area contributed by atoms with Crippen molar-refractivity contribution >= 4 is 7.60 Å². The van der Waals surface area contributed by atoms with Crippen LogP contribution in [-0.2, 0) is 13.6 Å². The van der Waals surface area contributed by atoms with Gasteiger partial charge in [-0.15, -0.1) is 0 Å². The van der Waals surface area contributed by atoms with E-state index in [9.17, 15) is 9.67 Å². The van der Waals surface area contributed by atoms with Crippen molar-refractivity contribution in [3.63, 3.8) is 0 Å². The molecule has 0 spiro atoms. The van der Waals surface area contributed by atoms with Gasteiger partial charge in [-0.3, -0.25) is 4.57 Å². The number of benzene rings is 1. The largest absolute Gasteiger partial charge is 0.496 e. The van der Waals surface area contributed by atoms with Gasteiger partial charge in [-0.2, -0.15) is 0 Å². The summed E-state index contributed by atoms with van der Waals surface area (Å²) in [6.07, 6.45) is 0. The maximum atomic E-state index is 12.1. The molecular weight excluding hydrogens is 255 g/mol. The number of ether oxygens (including phenoxy) is 1. The van der Waals surface area contributed by atoms with Crippen LogP contribution in [0.25, 0.3) is 0 Å². The molecule has 0 radical (unpaired) electrons. The molecule has 0 unspecified atom stereocenters. The average Bonchev–Trinajstić information content (AvgIpc) is 2.44. The molecular formula is C12H19O5P. The van der Waals surface area contributed by atoms with Crippen molar-refractivity contribution in [3.05, 3.63) is 29.8 Å². The van der Waals surface area contributed by atoms with Crippen LogP contribution in [0, 0.1) is 0 Å². The standard InChI is InChI=1S/C12H19O5P/c1-9(12(13)18(14,16-3)17-4)10-7-5-6-8-11(10)15-2/h5-9,12-13H,1-4H3/t9-,12-/m1/s1. The summed E-state index contributed by atoms with van der Waals surface area (Å²) in [4.78, 5) is 0. The van der Waals surface area contributed by atoms with Crippen LogP contribution in [0.5, 0.6) is 5.75 Å². The minimum atomic E-state index is -3.52. The summed E-state index contributed by atoms with van der Waals surface area (Å²) >= 11 is 0. The lowest BCUT2D eigenvalue weighted by Gasteiger charge is -2.26. The zero-order valence-electron chi connectivity index (χ0n) is 11.0. The van der Waals surface area contributed by atoms with E-state index in [1.165, 1.54) is 14.2 Å². The molecule has 1 aromatic carbocycles. The number of methoxy groups -OCH3 is 1. The number of aliphatic hydroxyl groups is 1. The molecule has 0 fully saturated rings. The van der Waals surface area contributed by atoms with Crippen LogP contribution in [0.3, 0.4) is 0 Å². The summed E-state index contributed by atoms with van der Waals surface area (Å²) in [5, 5.41) is 10.1. The predicted molar refractivity (Wildman–Crippen MR) is 69.0 cm³/mol. The lowest BCUT2D eigenvalue weighted by molar-refractivity contribution is 0.157. The molecule has 0 amide bonds. The van der Waals surface area contributed by atoms with E-state index >= 15 is 0 Å². The second-order valence-electron chi connectivity index (χ2n) is 3.85. The molecule has 18 heavy (non-hydrogen) atoms. The van der Waals surface area contributed by atoms with Gasteiger partial charge in [0.25, 0.3) is 0 Å². The lowest BCUT2D eigenvalue weighted by Crippen LogP contribution is -2.18. The molecule has 0 aromatic heterocycles. The highest BCUT2D eigenvalue weighted by molar-refractivity contribution is 7.54. The van der Waals surface area contributed by atoms with E-state index in [2.05, 4.69) is 0 Å². The highest BCUT2D eigenvalue weighted by Crippen LogP contribution is 2.55. The van der Waals surface area contributed by atoms with Gasteiger partial charge in [0.1, 0.15) is 5.75 Å². The molecule has 1 N–H and O–H groups in total. The quantitative estimate of drug-likeness (QED) is 0.808. The van der Waals surface area contributed by atoms with Crippen molar-refractivity contribution in [2.75, 3.05) is 21.3 Å². The molecule has 1 rings (SSSR count). The second kappa shape index (κ2) is 6.34. The number of aliphatic hydroxyl groups excluding tert-OH is 1. The number of hydrogen-bond acceptors (Lipinski definition) is 5. The van der Waals surface area contributed by atoms with Gasteiger partial charge in [0.15, 0.2) is 5.85 Å². The van der Waals surface area contributed by atoms with Gasteiger partial charge in [-0.05, 0) is 6.07 Å². The Bertz CT molecular complexity index is 426. The number of rotatable bonds is 6. The monoisotopic (exact) mass is 274 g/mol. The van der Waals surface area contributed by atoms with E-state index in [0.717, 1.165) is 5.56 Å². The van der Waals surface area contributed by atoms with E-state index in [0.29, 0.717) is 5.75 Å². The first-order valence-electron chi connectivity index (χ1n) is 5.52. The van der Waals surface area contributed by atoms with Gasteiger partial charge in [0.2, 0.25) is 0 Å². The zero-order valence-corrected chi connectivity index (χ0v) is 11.9. The SMILES string of the molecule is COc1ccccc1[C@@H](C)[C@H](O)P(=O)(OC)OC. The zero-order chi connectivity index (χ0) is 13.8. The van der Waals surface area contributed by atoms with Gasteiger partial charge in [0, 0.05) is 25.7 Å². The van der Waals surface area contributed by atoms with Gasteiger partial charge < -0.3 is 18.9 Å². The summed E-state index contributed by atoms with van der Waals surface area (Å²) in [5.74, 6) is -1.06. The first-order valence-corrected chi connectivity index (χ1v) is 7.13. The molecule has 0 aliphatic carbocycles. The molecule has 0 aliphatic heterocycles. The molecule has 0 saturated carbocycles. The normalized spacial score (nSPS) is 15.2. The van der Waals surface area contributed by atoms with Crippen LogP contribution in [0.4, 0.5) is 0 Å². The van der Waals surface area contributed by atoms with E-state index < -0.39 is 19.4 Å². The van der Waals surface area contributed by atoms with Crippen molar-refractivity contribution in [3.8, 4) is 5.75 Å². The first-order chi connectivity index (χ1) is 8.50. The molecule has 0 aliphatic rings. The number of para-hydroxylation sites is 1. The van der Waals surface area contributed by atoms with Gasteiger partial charge in [0.05, 0.1) is 7.11 Å². The maximum absolute atomic E-state index is 12.1. The molecule has 1 aromatic rings. The van der Waals surface area contributed by atoms with Crippen LogP contribution in [0.1, 0.15) is 18.4 Å².